The van der Waals surface area contributed by atoms with Gasteiger partial charge in [0, 0.05) is 5.41 Å². The van der Waals surface area contributed by atoms with E-state index in [1.165, 1.54) is 19.3 Å². The standard InChI is InChI=1S/C20H34O2/c1-8-19(6,9-2)17(21)22-18(4,5)20(7)13-14(3)12-15-10-11-16(15)20/h14H,8-13H2,1-7H3. The van der Waals surface area contributed by atoms with E-state index >= 15 is 0 Å². The van der Waals surface area contributed by atoms with Crippen LogP contribution in [0.2, 0.25) is 0 Å². The van der Waals surface area contributed by atoms with E-state index < -0.39 is 5.60 Å². The molecule has 0 aromatic rings. The van der Waals surface area contributed by atoms with Gasteiger partial charge < -0.3 is 4.74 Å². The monoisotopic (exact) mass is 306 g/mol. The van der Waals surface area contributed by atoms with Crippen LogP contribution in [0.3, 0.4) is 0 Å². The lowest BCUT2D eigenvalue weighted by Crippen LogP contribution is -2.52. The van der Waals surface area contributed by atoms with Crippen LogP contribution in [0.25, 0.3) is 0 Å². The summed E-state index contributed by atoms with van der Waals surface area (Å²) in [5.41, 5.74) is 2.42. The van der Waals surface area contributed by atoms with Crippen LogP contribution in [0, 0.1) is 16.7 Å². The minimum Gasteiger partial charge on any atom is -0.458 e. The quantitative estimate of drug-likeness (QED) is 0.484. The molecule has 2 aliphatic rings. The van der Waals surface area contributed by atoms with Gasteiger partial charge in [-0.1, -0.05) is 38.8 Å². The number of carbonyl (C=O) groups excluding carboxylic acids is 1. The van der Waals surface area contributed by atoms with Gasteiger partial charge in [0.15, 0.2) is 0 Å². The molecule has 0 heterocycles. The van der Waals surface area contributed by atoms with Crippen molar-refractivity contribution in [3.05, 3.63) is 11.1 Å². The molecule has 2 rings (SSSR count). The number of hydrogen-bond acceptors (Lipinski definition) is 2. The van der Waals surface area contributed by atoms with Gasteiger partial charge in [-0.15, -0.1) is 0 Å². The lowest BCUT2D eigenvalue weighted by atomic mass is 9.55. The van der Waals surface area contributed by atoms with Crippen molar-refractivity contribution in [2.45, 2.75) is 92.6 Å². The van der Waals surface area contributed by atoms with Crippen molar-refractivity contribution in [1.82, 2.24) is 0 Å². The summed E-state index contributed by atoms with van der Waals surface area (Å²) in [6.07, 6.45) is 6.48. The zero-order valence-corrected chi connectivity index (χ0v) is 15.6. The minimum absolute atomic E-state index is 0.00367. The first kappa shape index (κ1) is 17.6. The van der Waals surface area contributed by atoms with Crippen LogP contribution in [0.4, 0.5) is 0 Å². The molecule has 0 aliphatic heterocycles. The third-order valence-corrected chi connectivity index (χ3v) is 6.85. The van der Waals surface area contributed by atoms with Crippen molar-refractivity contribution >= 4 is 5.97 Å². The van der Waals surface area contributed by atoms with Crippen LogP contribution in [-0.2, 0) is 9.53 Å². The molecule has 0 spiro atoms. The predicted molar refractivity (Wildman–Crippen MR) is 91.6 cm³/mol. The molecule has 126 valence electrons. The van der Waals surface area contributed by atoms with E-state index in [1.54, 1.807) is 11.1 Å². The van der Waals surface area contributed by atoms with Gasteiger partial charge in [0.2, 0.25) is 0 Å². The van der Waals surface area contributed by atoms with Crippen LogP contribution in [0.1, 0.15) is 87.0 Å². The van der Waals surface area contributed by atoms with Gasteiger partial charge in [0.05, 0.1) is 5.41 Å². The fourth-order valence-corrected chi connectivity index (χ4v) is 4.25. The first-order valence-electron chi connectivity index (χ1n) is 9.04. The molecule has 0 aromatic heterocycles. The molecule has 2 heteroatoms. The van der Waals surface area contributed by atoms with E-state index in [0.717, 1.165) is 19.3 Å². The Morgan fingerprint density at radius 3 is 2.27 bits per heavy atom. The molecular weight excluding hydrogens is 272 g/mol. The maximum Gasteiger partial charge on any atom is 0.312 e. The van der Waals surface area contributed by atoms with E-state index in [9.17, 15) is 4.79 Å². The highest BCUT2D eigenvalue weighted by molar-refractivity contribution is 5.76. The highest BCUT2D eigenvalue weighted by Crippen LogP contribution is 2.57. The van der Waals surface area contributed by atoms with Gasteiger partial charge in [0.1, 0.15) is 5.60 Å². The molecule has 2 unspecified atom stereocenters. The summed E-state index contributed by atoms with van der Waals surface area (Å²) in [5.74, 6) is 0.661. The topological polar surface area (TPSA) is 26.3 Å². The molecular formula is C20H34O2. The molecule has 0 radical (unpaired) electrons. The second-order valence-corrected chi connectivity index (χ2v) is 8.60. The third kappa shape index (κ3) is 2.63. The van der Waals surface area contributed by atoms with Gasteiger partial charge >= 0.3 is 5.97 Å². The average molecular weight is 306 g/mol. The van der Waals surface area contributed by atoms with Crippen molar-refractivity contribution in [3.8, 4) is 0 Å². The molecule has 22 heavy (non-hydrogen) atoms. The highest BCUT2D eigenvalue weighted by atomic mass is 16.6. The Balaban J connectivity index is 2.26. The lowest BCUT2D eigenvalue weighted by Gasteiger charge is -2.53. The Bertz CT molecular complexity index is 482. The molecule has 0 saturated carbocycles. The van der Waals surface area contributed by atoms with E-state index in [2.05, 4.69) is 41.5 Å². The molecule has 0 aromatic carbocycles. The fourth-order valence-electron chi connectivity index (χ4n) is 4.25. The van der Waals surface area contributed by atoms with E-state index in [1.807, 2.05) is 6.92 Å². The van der Waals surface area contributed by atoms with Crippen LogP contribution in [-0.4, -0.2) is 11.6 Å². The smallest absolute Gasteiger partial charge is 0.312 e. The van der Waals surface area contributed by atoms with Crippen LogP contribution >= 0.6 is 0 Å². The Morgan fingerprint density at radius 2 is 1.82 bits per heavy atom. The number of rotatable bonds is 5. The minimum atomic E-state index is -0.439. The molecule has 0 amide bonds. The molecule has 0 saturated heterocycles. The van der Waals surface area contributed by atoms with Crippen LogP contribution in [0.15, 0.2) is 11.1 Å². The summed E-state index contributed by atoms with van der Waals surface area (Å²) in [4.78, 5) is 12.8. The SMILES string of the molecule is CCC(C)(CC)C(=O)OC(C)(C)C1(C)CC(C)CC2=C1CC2. The Morgan fingerprint density at radius 1 is 1.23 bits per heavy atom. The number of carbonyl (C=O) groups is 1. The predicted octanol–water partition coefficient (Wildman–Crippen LogP) is 5.66. The van der Waals surface area contributed by atoms with Gasteiger partial charge in [-0.25, -0.2) is 0 Å². The van der Waals surface area contributed by atoms with Gasteiger partial charge in [-0.2, -0.15) is 0 Å². The van der Waals surface area contributed by atoms with Crippen molar-refractivity contribution in [1.29, 1.82) is 0 Å². The van der Waals surface area contributed by atoms with E-state index in [0.29, 0.717) is 5.92 Å². The lowest BCUT2D eigenvalue weighted by molar-refractivity contribution is -0.181. The first-order chi connectivity index (χ1) is 10.1. The maximum atomic E-state index is 12.8. The van der Waals surface area contributed by atoms with Crippen LogP contribution < -0.4 is 0 Å². The molecule has 0 bridgehead atoms. The molecule has 2 atom stereocenters. The zero-order chi connectivity index (χ0) is 16.8. The van der Waals surface area contributed by atoms with Gasteiger partial charge in [-0.05, 0) is 65.2 Å². The number of allylic oxidation sites excluding steroid dienone is 1. The Hall–Kier alpha value is -0.790. The van der Waals surface area contributed by atoms with Crippen molar-refractivity contribution in [3.63, 3.8) is 0 Å². The summed E-state index contributed by atoms with van der Waals surface area (Å²) < 4.78 is 6.16. The largest absolute Gasteiger partial charge is 0.458 e. The van der Waals surface area contributed by atoms with Crippen molar-refractivity contribution < 1.29 is 9.53 Å². The summed E-state index contributed by atoms with van der Waals surface area (Å²) >= 11 is 0. The number of hydrogen-bond donors (Lipinski definition) is 0. The van der Waals surface area contributed by atoms with Crippen molar-refractivity contribution in [2.75, 3.05) is 0 Å². The first-order valence-corrected chi connectivity index (χ1v) is 9.04. The second kappa shape index (κ2) is 5.69. The molecule has 2 aliphatic carbocycles. The normalized spacial score (nSPS) is 29.0. The van der Waals surface area contributed by atoms with Crippen LogP contribution in [0.5, 0.6) is 0 Å². The molecule has 2 nitrogen and oxygen atoms in total. The van der Waals surface area contributed by atoms with Crippen molar-refractivity contribution in [2.24, 2.45) is 16.7 Å². The van der Waals surface area contributed by atoms with Gasteiger partial charge in [-0.3, -0.25) is 4.79 Å². The Labute approximate surface area is 136 Å². The molecule has 0 fully saturated rings. The second-order valence-electron chi connectivity index (χ2n) is 8.60. The van der Waals surface area contributed by atoms with E-state index in [-0.39, 0.29) is 16.8 Å². The third-order valence-electron chi connectivity index (χ3n) is 6.85. The molecule has 0 N–H and O–H groups in total. The zero-order valence-electron chi connectivity index (χ0n) is 15.6. The van der Waals surface area contributed by atoms with Gasteiger partial charge in [0.25, 0.3) is 0 Å². The summed E-state index contributed by atoms with van der Waals surface area (Å²) in [6.45, 7) is 15.1. The average Bonchev–Trinajstić information content (AvgIpc) is 2.40. The Kier molecular flexibility index (Phi) is 4.54. The van der Waals surface area contributed by atoms with E-state index in [4.69, 9.17) is 4.74 Å². The summed E-state index contributed by atoms with van der Waals surface area (Å²) in [6, 6.07) is 0. The maximum absolute atomic E-state index is 12.8. The summed E-state index contributed by atoms with van der Waals surface area (Å²) in [7, 11) is 0. The number of ether oxygens (including phenoxy) is 1. The summed E-state index contributed by atoms with van der Waals surface area (Å²) in [5, 5.41) is 0. The highest BCUT2D eigenvalue weighted by Gasteiger charge is 2.52. The number of esters is 1. The fraction of sp³-hybridized carbons (Fsp3) is 0.850.